The standard InChI is InChI=1S/C24H23N5O2S/c1-2-31-22-15-9-8-14-21(22)29-24(26-27-28-29)32-17-23(30)25-20-13-7-6-12-19(20)16-18-10-4-3-5-11-18/h3-15H,2,16-17H2,1H3,(H,25,30). The zero-order chi connectivity index (χ0) is 22.2. The van der Waals surface area contributed by atoms with Crippen LogP contribution in [0.2, 0.25) is 0 Å². The summed E-state index contributed by atoms with van der Waals surface area (Å²) in [7, 11) is 0. The summed E-state index contributed by atoms with van der Waals surface area (Å²) in [5, 5.41) is 15.5. The van der Waals surface area contributed by atoms with Crippen molar-refractivity contribution in [1.82, 2.24) is 20.2 Å². The van der Waals surface area contributed by atoms with Crippen LogP contribution in [-0.2, 0) is 11.2 Å². The first-order chi connectivity index (χ1) is 15.7. The molecule has 32 heavy (non-hydrogen) atoms. The highest BCUT2D eigenvalue weighted by Crippen LogP contribution is 2.26. The fraction of sp³-hybridized carbons (Fsp3) is 0.167. The van der Waals surface area contributed by atoms with Gasteiger partial charge in [-0.05, 0) is 53.1 Å². The number of hydrogen-bond acceptors (Lipinski definition) is 6. The van der Waals surface area contributed by atoms with E-state index < -0.39 is 0 Å². The van der Waals surface area contributed by atoms with Crippen LogP contribution >= 0.6 is 11.8 Å². The molecule has 0 unspecified atom stereocenters. The van der Waals surface area contributed by atoms with Crippen molar-refractivity contribution in [2.45, 2.75) is 18.5 Å². The molecule has 0 aliphatic carbocycles. The van der Waals surface area contributed by atoms with Gasteiger partial charge in [0.05, 0.1) is 12.4 Å². The fourth-order valence-corrected chi connectivity index (χ4v) is 3.94. The lowest BCUT2D eigenvalue weighted by molar-refractivity contribution is -0.113. The molecule has 0 aliphatic rings. The minimum atomic E-state index is -0.122. The van der Waals surface area contributed by atoms with Crippen molar-refractivity contribution in [2.75, 3.05) is 17.7 Å². The molecule has 162 valence electrons. The average molecular weight is 446 g/mol. The largest absolute Gasteiger partial charge is 0.492 e. The second kappa shape index (κ2) is 10.6. The molecule has 1 heterocycles. The van der Waals surface area contributed by atoms with Crippen LogP contribution in [-0.4, -0.2) is 38.5 Å². The SMILES string of the molecule is CCOc1ccccc1-n1nnnc1SCC(=O)Nc1ccccc1Cc1ccccc1. The predicted molar refractivity (Wildman–Crippen MR) is 125 cm³/mol. The van der Waals surface area contributed by atoms with E-state index in [1.54, 1.807) is 4.68 Å². The van der Waals surface area contributed by atoms with E-state index in [0.717, 1.165) is 23.4 Å². The molecule has 1 N–H and O–H groups in total. The number of nitrogens with zero attached hydrogens (tertiary/aromatic N) is 4. The lowest BCUT2D eigenvalue weighted by Crippen LogP contribution is -2.16. The summed E-state index contributed by atoms with van der Waals surface area (Å²) in [5.74, 6) is 0.739. The number of carbonyl (C=O) groups is 1. The van der Waals surface area contributed by atoms with E-state index >= 15 is 0 Å². The van der Waals surface area contributed by atoms with Gasteiger partial charge < -0.3 is 10.1 Å². The minimum absolute atomic E-state index is 0.122. The molecule has 8 heteroatoms. The van der Waals surface area contributed by atoms with Gasteiger partial charge in [0.2, 0.25) is 11.1 Å². The van der Waals surface area contributed by atoms with Crippen molar-refractivity contribution in [3.8, 4) is 11.4 Å². The monoisotopic (exact) mass is 445 g/mol. The first-order valence-electron chi connectivity index (χ1n) is 10.3. The molecule has 0 atom stereocenters. The average Bonchev–Trinajstić information content (AvgIpc) is 3.29. The van der Waals surface area contributed by atoms with Crippen LogP contribution in [0.4, 0.5) is 5.69 Å². The van der Waals surface area contributed by atoms with E-state index in [0.29, 0.717) is 17.5 Å². The Labute approximate surface area is 190 Å². The second-order valence-electron chi connectivity index (χ2n) is 6.93. The maximum absolute atomic E-state index is 12.7. The molecule has 0 saturated heterocycles. The van der Waals surface area contributed by atoms with Crippen molar-refractivity contribution >= 4 is 23.4 Å². The first-order valence-corrected chi connectivity index (χ1v) is 11.3. The summed E-state index contributed by atoms with van der Waals surface area (Å²) in [6, 6.07) is 25.6. The van der Waals surface area contributed by atoms with Gasteiger partial charge in [0.15, 0.2) is 0 Å². The lowest BCUT2D eigenvalue weighted by atomic mass is 10.0. The lowest BCUT2D eigenvalue weighted by Gasteiger charge is -2.12. The number of thioether (sulfide) groups is 1. The Morgan fingerprint density at radius 1 is 1.00 bits per heavy atom. The number of tetrazole rings is 1. The number of amides is 1. The van der Waals surface area contributed by atoms with E-state index in [4.69, 9.17) is 4.74 Å². The van der Waals surface area contributed by atoms with Crippen molar-refractivity contribution in [2.24, 2.45) is 0 Å². The van der Waals surface area contributed by atoms with Crippen LogP contribution in [0.3, 0.4) is 0 Å². The number of ether oxygens (including phenoxy) is 1. The second-order valence-corrected chi connectivity index (χ2v) is 7.87. The number of carbonyl (C=O) groups excluding carboxylic acids is 1. The van der Waals surface area contributed by atoms with Crippen molar-refractivity contribution in [1.29, 1.82) is 0 Å². The molecular weight excluding hydrogens is 422 g/mol. The molecule has 0 aliphatic heterocycles. The molecular formula is C24H23N5O2S. The quantitative estimate of drug-likeness (QED) is 0.385. The molecule has 0 saturated carbocycles. The summed E-state index contributed by atoms with van der Waals surface area (Å²) >= 11 is 1.27. The maximum atomic E-state index is 12.7. The number of nitrogens with one attached hydrogen (secondary N) is 1. The van der Waals surface area contributed by atoms with Crippen LogP contribution in [0.5, 0.6) is 5.75 Å². The third-order valence-electron chi connectivity index (χ3n) is 4.70. The number of benzene rings is 3. The van der Waals surface area contributed by atoms with E-state index in [9.17, 15) is 4.79 Å². The summed E-state index contributed by atoms with van der Waals surface area (Å²) < 4.78 is 7.27. The normalized spacial score (nSPS) is 10.7. The Morgan fingerprint density at radius 3 is 2.59 bits per heavy atom. The minimum Gasteiger partial charge on any atom is -0.492 e. The molecule has 1 aromatic heterocycles. The van der Waals surface area contributed by atoms with Crippen LogP contribution < -0.4 is 10.1 Å². The van der Waals surface area contributed by atoms with Gasteiger partial charge in [-0.1, -0.05) is 72.4 Å². The Balaban J connectivity index is 1.43. The zero-order valence-corrected chi connectivity index (χ0v) is 18.5. The van der Waals surface area contributed by atoms with Gasteiger partial charge in [-0.25, -0.2) is 0 Å². The highest BCUT2D eigenvalue weighted by atomic mass is 32.2. The Kier molecular flexibility index (Phi) is 7.14. The summed E-state index contributed by atoms with van der Waals surface area (Å²) in [5.41, 5.74) is 3.79. The Hall–Kier alpha value is -3.65. The van der Waals surface area contributed by atoms with E-state index in [1.807, 2.05) is 73.7 Å². The molecule has 0 bridgehead atoms. The third-order valence-corrected chi connectivity index (χ3v) is 5.61. The van der Waals surface area contributed by atoms with Gasteiger partial charge in [-0.2, -0.15) is 4.68 Å². The molecule has 3 aromatic carbocycles. The molecule has 0 fully saturated rings. The zero-order valence-electron chi connectivity index (χ0n) is 17.6. The van der Waals surface area contributed by atoms with Crippen LogP contribution in [0.15, 0.2) is 84.0 Å². The van der Waals surface area contributed by atoms with Crippen molar-refractivity contribution in [3.63, 3.8) is 0 Å². The van der Waals surface area contributed by atoms with Crippen LogP contribution in [0.1, 0.15) is 18.1 Å². The molecule has 4 aromatic rings. The molecule has 7 nitrogen and oxygen atoms in total. The van der Waals surface area contributed by atoms with Gasteiger partial charge in [-0.15, -0.1) is 5.10 Å². The maximum Gasteiger partial charge on any atom is 0.234 e. The third kappa shape index (κ3) is 5.33. The summed E-state index contributed by atoms with van der Waals surface area (Å²) in [6.07, 6.45) is 0.747. The Bertz CT molecular complexity index is 1180. The number of anilines is 1. The Morgan fingerprint density at radius 2 is 1.75 bits per heavy atom. The highest BCUT2D eigenvalue weighted by Gasteiger charge is 2.15. The number of rotatable bonds is 9. The number of hydrogen-bond donors (Lipinski definition) is 1. The highest BCUT2D eigenvalue weighted by molar-refractivity contribution is 7.99. The van der Waals surface area contributed by atoms with Gasteiger partial charge >= 0.3 is 0 Å². The van der Waals surface area contributed by atoms with Crippen molar-refractivity contribution < 1.29 is 9.53 Å². The van der Waals surface area contributed by atoms with Gasteiger partial charge in [-0.3, -0.25) is 4.79 Å². The van der Waals surface area contributed by atoms with E-state index in [1.165, 1.54) is 17.3 Å². The van der Waals surface area contributed by atoms with Crippen LogP contribution in [0.25, 0.3) is 5.69 Å². The molecule has 0 spiro atoms. The predicted octanol–water partition coefficient (Wildman–Crippen LogP) is 4.38. The molecule has 1 amide bonds. The fourth-order valence-electron chi connectivity index (χ4n) is 3.26. The summed E-state index contributed by atoms with van der Waals surface area (Å²) in [6.45, 7) is 2.46. The molecule has 0 radical (unpaired) electrons. The summed E-state index contributed by atoms with van der Waals surface area (Å²) in [4.78, 5) is 12.7. The van der Waals surface area contributed by atoms with E-state index in [-0.39, 0.29) is 11.7 Å². The van der Waals surface area contributed by atoms with E-state index in [2.05, 4.69) is 33.0 Å². The molecule has 4 rings (SSSR count). The topological polar surface area (TPSA) is 81.9 Å². The smallest absolute Gasteiger partial charge is 0.234 e. The van der Waals surface area contributed by atoms with Crippen molar-refractivity contribution in [3.05, 3.63) is 90.0 Å². The first kappa shape index (κ1) is 21.6. The number of para-hydroxylation sites is 3. The van der Waals surface area contributed by atoms with Crippen LogP contribution in [0, 0.1) is 0 Å². The van der Waals surface area contributed by atoms with Gasteiger partial charge in [0, 0.05) is 5.69 Å². The number of aromatic nitrogens is 4. The van der Waals surface area contributed by atoms with Gasteiger partial charge in [0.1, 0.15) is 11.4 Å². The van der Waals surface area contributed by atoms with Gasteiger partial charge in [0.25, 0.3) is 0 Å².